The molecule has 6 aromatic rings. The van der Waals surface area contributed by atoms with Gasteiger partial charge in [-0.15, -0.1) is 18.2 Å². The van der Waals surface area contributed by atoms with Gasteiger partial charge in [-0.25, -0.2) is 0 Å². The molecule has 0 saturated heterocycles. The van der Waals surface area contributed by atoms with Crippen LogP contribution in [-0.2, 0) is 30.3 Å². The van der Waals surface area contributed by atoms with Gasteiger partial charge < -0.3 is 18.9 Å². The quantitative estimate of drug-likeness (QED) is 0.113. The minimum atomic E-state index is -0.125. The van der Waals surface area contributed by atoms with Crippen molar-refractivity contribution in [3.8, 4) is 22.6 Å². The van der Waals surface area contributed by atoms with Crippen LogP contribution in [0.5, 0.6) is 0 Å². The second-order valence-electron chi connectivity index (χ2n) is 10.6. The number of aliphatic hydroxyl groups is 1. The summed E-state index contributed by atoms with van der Waals surface area (Å²) in [7, 11) is 0. The first kappa shape index (κ1) is 29.0. The number of allylic oxidation sites excluding steroid dienone is 2. The average molecular weight is 709 g/mol. The molecule has 0 aliphatic carbocycles. The summed E-state index contributed by atoms with van der Waals surface area (Å²) in [5.74, 6) is 0.776. The Labute approximate surface area is 246 Å². The Bertz CT molecular complexity index is 1830. The van der Waals surface area contributed by atoms with Crippen molar-refractivity contribution >= 4 is 38.7 Å². The van der Waals surface area contributed by atoms with Gasteiger partial charge in [-0.2, -0.15) is 0 Å². The van der Waals surface area contributed by atoms with E-state index in [1.165, 1.54) is 25.5 Å². The summed E-state index contributed by atoms with van der Waals surface area (Å²) in [5, 5.41) is 11.5. The van der Waals surface area contributed by atoms with Crippen molar-refractivity contribution in [1.29, 1.82) is 0 Å². The smallest absolute Gasteiger partial charge is 0.155 e. The van der Waals surface area contributed by atoms with E-state index in [4.69, 9.17) is 18.9 Å². The molecule has 0 fully saturated rings. The molecule has 6 heteroatoms. The first-order valence-corrected chi connectivity index (χ1v) is 12.8. The number of ketones is 1. The Morgan fingerprint density at radius 2 is 1.65 bits per heavy atom. The van der Waals surface area contributed by atoms with Gasteiger partial charge in [-0.1, -0.05) is 74.2 Å². The number of hydrogen-bond acceptors (Lipinski definition) is 5. The maximum atomic E-state index is 10.0. The number of fused-ring (bicyclic) bond motifs is 4. The summed E-state index contributed by atoms with van der Waals surface area (Å²) >= 11 is 0. The minimum Gasteiger partial charge on any atom is -0.512 e. The number of carbonyl (C=O) groups excluding carboxylic acids is 1. The molecule has 0 spiro atoms. The van der Waals surface area contributed by atoms with Gasteiger partial charge in [0.05, 0.1) is 11.3 Å². The molecule has 40 heavy (non-hydrogen) atoms. The average Bonchev–Trinajstić information content (AvgIpc) is 3.49. The second-order valence-corrected chi connectivity index (χ2v) is 10.6. The number of para-hydroxylation sites is 1. The molecule has 0 bridgehead atoms. The molecule has 1 radical (unpaired) electrons. The summed E-state index contributed by atoms with van der Waals surface area (Å²) in [6, 6.07) is 27.9. The van der Waals surface area contributed by atoms with Gasteiger partial charge in [0, 0.05) is 48.7 Å². The molecule has 0 saturated carbocycles. The van der Waals surface area contributed by atoms with Crippen molar-refractivity contribution in [3.63, 3.8) is 0 Å². The van der Waals surface area contributed by atoms with E-state index >= 15 is 0 Å². The predicted octanol–water partition coefficient (Wildman–Crippen LogP) is 9.19. The zero-order chi connectivity index (χ0) is 27.7. The molecule has 3 heterocycles. The number of rotatable bonds is 3. The zero-order valence-electron chi connectivity index (χ0n) is 23.0. The van der Waals surface area contributed by atoms with Crippen LogP contribution < -0.4 is 0 Å². The van der Waals surface area contributed by atoms with Gasteiger partial charge in [-0.3, -0.25) is 4.79 Å². The van der Waals surface area contributed by atoms with E-state index < -0.39 is 0 Å². The molecule has 0 aliphatic rings. The molecular formula is C34H30IrNO4-. The molecular weight excluding hydrogens is 679 g/mol. The Morgan fingerprint density at radius 1 is 0.925 bits per heavy atom. The van der Waals surface area contributed by atoms with Crippen LogP contribution in [0.3, 0.4) is 0 Å². The Hall–Kier alpha value is -3.99. The first-order valence-electron chi connectivity index (χ1n) is 12.8. The van der Waals surface area contributed by atoms with Crippen molar-refractivity contribution in [2.24, 2.45) is 0 Å². The number of hydrogen-bond donors (Lipinski definition) is 1. The Kier molecular flexibility index (Phi) is 8.43. The number of furan rings is 2. The van der Waals surface area contributed by atoms with Gasteiger partial charge in [0.25, 0.3) is 0 Å². The number of nitrogens with zero attached hydrogens (tertiary/aromatic N) is 1. The van der Waals surface area contributed by atoms with E-state index in [-0.39, 0.29) is 37.1 Å². The summed E-state index contributed by atoms with van der Waals surface area (Å²) in [6.45, 7) is 9.50. The van der Waals surface area contributed by atoms with Crippen molar-refractivity contribution in [2.45, 2.75) is 40.0 Å². The van der Waals surface area contributed by atoms with Crippen LogP contribution in [0.4, 0.5) is 0 Å². The fourth-order valence-corrected chi connectivity index (χ4v) is 4.52. The standard InChI is InChI=1S/C29H22NO2.C5H8O2.Ir/c1-29(2,3)20-13-11-18(12-14-20)26-15-19-17-30-24(16-27(19)31-26)23-9-6-8-22-21-7-4-5-10-25(21)32-28(22)23;1-4(6)3-5(2)7;/h4-8,10-17H,1-3H3;3,6H,1-2H3;/q-1;;/b;4-3-;. The number of aromatic nitrogens is 1. The number of carbonyl (C=O) groups is 1. The Balaban J connectivity index is 0.000000413. The fraction of sp³-hybridized carbons (Fsp3) is 0.176. The first-order chi connectivity index (χ1) is 18.6. The molecule has 0 unspecified atom stereocenters. The second kappa shape index (κ2) is 11.6. The van der Waals surface area contributed by atoms with E-state index in [2.05, 4.69) is 57.2 Å². The third-order valence-electron chi connectivity index (χ3n) is 6.44. The third kappa shape index (κ3) is 6.09. The molecule has 6 rings (SSSR count). The predicted molar refractivity (Wildman–Crippen MR) is 157 cm³/mol. The largest absolute Gasteiger partial charge is 0.512 e. The number of benzene rings is 3. The maximum absolute atomic E-state index is 10.0. The van der Waals surface area contributed by atoms with Gasteiger partial charge in [-0.05, 0) is 48.7 Å². The summed E-state index contributed by atoms with van der Waals surface area (Å²) < 4.78 is 12.4. The zero-order valence-corrected chi connectivity index (χ0v) is 25.4. The van der Waals surface area contributed by atoms with E-state index in [1.807, 2.05) is 48.7 Å². The van der Waals surface area contributed by atoms with Gasteiger partial charge in [0.1, 0.15) is 16.9 Å². The van der Waals surface area contributed by atoms with Gasteiger partial charge >= 0.3 is 0 Å². The van der Waals surface area contributed by atoms with Crippen molar-refractivity contribution in [2.75, 3.05) is 0 Å². The van der Waals surface area contributed by atoms with Crippen LogP contribution in [0.25, 0.3) is 55.5 Å². The molecule has 1 N–H and O–H groups in total. The van der Waals surface area contributed by atoms with Crippen LogP contribution in [0, 0.1) is 6.07 Å². The molecule has 0 amide bonds. The number of pyridine rings is 1. The van der Waals surface area contributed by atoms with Crippen LogP contribution in [0.2, 0.25) is 0 Å². The fourth-order valence-electron chi connectivity index (χ4n) is 4.52. The van der Waals surface area contributed by atoms with Crippen molar-refractivity contribution in [3.05, 3.63) is 102 Å². The van der Waals surface area contributed by atoms with Crippen LogP contribution in [0.15, 0.2) is 99.7 Å². The SMILES string of the molecule is CC(=O)/C=C(/C)O.CC(C)(C)c1ccc(-c2cc3cnc(-c4[c-]ccc5c4oc4ccccc45)cc3o2)cc1.[Ir]. The van der Waals surface area contributed by atoms with E-state index in [9.17, 15) is 4.79 Å². The van der Waals surface area contributed by atoms with Crippen LogP contribution in [-0.4, -0.2) is 15.9 Å². The van der Waals surface area contributed by atoms with Crippen LogP contribution in [0.1, 0.15) is 40.2 Å². The summed E-state index contributed by atoms with van der Waals surface area (Å²) in [4.78, 5) is 14.7. The van der Waals surface area contributed by atoms with Gasteiger partial charge in [0.2, 0.25) is 0 Å². The molecule has 0 atom stereocenters. The minimum absolute atomic E-state index is 0. The third-order valence-corrected chi connectivity index (χ3v) is 6.44. The normalized spacial score (nSPS) is 11.8. The Morgan fingerprint density at radius 3 is 2.30 bits per heavy atom. The van der Waals surface area contributed by atoms with E-state index in [1.54, 1.807) is 0 Å². The molecule has 205 valence electrons. The molecule has 3 aromatic carbocycles. The maximum Gasteiger partial charge on any atom is 0.155 e. The monoisotopic (exact) mass is 709 g/mol. The van der Waals surface area contributed by atoms with E-state index in [0.717, 1.165) is 55.5 Å². The molecule has 3 aromatic heterocycles. The molecule has 5 nitrogen and oxygen atoms in total. The van der Waals surface area contributed by atoms with Gasteiger partial charge in [0.15, 0.2) is 5.78 Å². The molecule has 0 aliphatic heterocycles. The van der Waals surface area contributed by atoms with Crippen molar-refractivity contribution in [1.82, 2.24) is 4.98 Å². The van der Waals surface area contributed by atoms with Crippen molar-refractivity contribution < 1.29 is 38.8 Å². The topological polar surface area (TPSA) is 76.5 Å². The van der Waals surface area contributed by atoms with E-state index in [0.29, 0.717) is 0 Å². The van der Waals surface area contributed by atoms with Crippen LogP contribution >= 0.6 is 0 Å². The summed E-state index contributed by atoms with van der Waals surface area (Å²) in [5.41, 5.74) is 6.57. The summed E-state index contributed by atoms with van der Waals surface area (Å²) in [6.07, 6.45) is 3.02. The number of aliphatic hydroxyl groups excluding tert-OH is 1.